The quantitative estimate of drug-likeness (QED) is 0.265. The highest BCUT2D eigenvalue weighted by molar-refractivity contribution is 5.94. The Kier molecular flexibility index (Phi) is 22.4. The number of carbonyl (C=O) groups is 6. The number of ether oxygens (including phenoxy) is 5. The van der Waals surface area contributed by atoms with Crippen LogP contribution in [0.3, 0.4) is 0 Å². The van der Waals surface area contributed by atoms with Gasteiger partial charge in [-0.15, -0.1) is 0 Å². The van der Waals surface area contributed by atoms with E-state index in [0.29, 0.717) is 0 Å². The van der Waals surface area contributed by atoms with Crippen molar-refractivity contribution >= 4 is 35.6 Å². The van der Waals surface area contributed by atoms with Gasteiger partial charge < -0.3 is 23.7 Å². The molecule has 0 fully saturated rings. The Morgan fingerprint density at radius 3 is 1.16 bits per heavy atom. The molecule has 0 rings (SSSR count). The highest BCUT2D eigenvalue weighted by Crippen LogP contribution is 1.98. The number of methoxy groups -OCH3 is 1. The number of hydrogen-bond acceptors (Lipinski definition) is 11. The summed E-state index contributed by atoms with van der Waals surface area (Å²) >= 11 is 0. The lowest BCUT2D eigenvalue weighted by Gasteiger charge is -2.09. The molecule has 0 aliphatic rings. The predicted molar refractivity (Wildman–Crippen MR) is 112 cm³/mol. The molecule has 0 spiro atoms. The van der Waals surface area contributed by atoms with E-state index in [0.717, 1.165) is 0 Å². The molecule has 0 N–H and O–H groups in total. The summed E-state index contributed by atoms with van der Waals surface area (Å²) in [6.07, 6.45) is -1.10. The summed E-state index contributed by atoms with van der Waals surface area (Å²) in [5, 5.41) is 0. The maximum Gasteiger partial charge on any atom is 0.317 e. The van der Waals surface area contributed by atoms with Gasteiger partial charge in [0, 0.05) is 0 Å². The first-order valence-electron chi connectivity index (χ1n) is 10.0. The Bertz CT molecular complexity index is 559. The lowest BCUT2D eigenvalue weighted by Crippen LogP contribution is -2.19. The van der Waals surface area contributed by atoms with Gasteiger partial charge in [-0.25, -0.2) is 0 Å². The van der Waals surface area contributed by atoms with Gasteiger partial charge in [-0.3, -0.25) is 28.8 Å². The molecule has 0 amide bonds. The molecule has 186 valence electrons. The molecule has 0 aliphatic carbocycles. The van der Waals surface area contributed by atoms with E-state index in [4.69, 9.17) is 9.47 Å². The molecule has 11 nitrogen and oxygen atoms in total. The summed E-state index contributed by atoms with van der Waals surface area (Å²) in [6.45, 7) is 12.2. The average Bonchev–Trinajstić information content (AvgIpc) is 2.60. The highest BCUT2D eigenvalue weighted by Gasteiger charge is 2.14. The van der Waals surface area contributed by atoms with Crippen LogP contribution < -0.4 is 0 Å². The minimum absolute atomic E-state index is 0.115. The summed E-state index contributed by atoms with van der Waals surface area (Å²) in [7, 11) is 1.26. The van der Waals surface area contributed by atoms with Gasteiger partial charge in [-0.1, -0.05) is 0 Å². The van der Waals surface area contributed by atoms with Gasteiger partial charge in [0.25, 0.3) is 0 Å². The number of esters is 5. The predicted octanol–water partition coefficient (Wildman–Crippen LogP) is 1.92. The minimum atomic E-state index is -0.541. The van der Waals surface area contributed by atoms with Crippen molar-refractivity contribution in [1.82, 2.24) is 0 Å². The van der Waals surface area contributed by atoms with Crippen LogP contribution in [0.5, 0.6) is 0 Å². The van der Waals surface area contributed by atoms with Crippen LogP contribution in [0.1, 0.15) is 67.7 Å². The summed E-state index contributed by atoms with van der Waals surface area (Å²) in [6, 6.07) is 0. The van der Waals surface area contributed by atoms with Crippen LogP contribution in [0.25, 0.3) is 0 Å². The van der Waals surface area contributed by atoms with Gasteiger partial charge >= 0.3 is 29.8 Å². The van der Waals surface area contributed by atoms with Gasteiger partial charge in [-0.05, 0) is 48.5 Å². The molecular weight excluding hydrogens is 428 g/mol. The molecule has 0 atom stereocenters. The van der Waals surface area contributed by atoms with E-state index in [2.05, 4.69) is 14.2 Å². The second-order valence-electron chi connectivity index (χ2n) is 6.50. The van der Waals surface area contributed by atoms with Crippen LogP contribution in [0.4, 0.5) is 0 Å². The van der Waals surface area contributed by atoms with Crippen LogP contribution in [0.15, 0.2) is 0 Å². The van der Waals surface area contributed by atoms with Crippen molar-refractivity contribution in [3.63, 3.8) is 0 Å². The van der Waals surface area contributed by atoms with E-state index in [9.17, 15) is 28.8 Å². The maximum atomic E-state index is 10.9. The highest BCUT2D eigenvalue weighted by atomic mass is 16.6. The second kappa shape index (κ2) is 21.3. The third kappa shape index (κ3) is 29.2. The van der Waals surface area contributed by atoms with Crippen molar-refractivity contribution in [2.75, 3.05) is 20.3 Å². The zero-order valence-corrected chi connectivity index (χ0v) is 20.2. The molecular formula is C21H36O11. The number of Topliss-reactive ketones (excluding diaryl/α,β-unsaturated/α-hetero) is 1. The second-order valence-corrected chi connectivity index (χ2v) is 6.50. The van der Waals surface area contributed by atoms with Gasteiger partial charge in [-0.2, -0.15) is 0 Å². The molecule has 0 saturated carbocycles. The Morgan fingerprint density at radius 1 is 0.594 bits per heavy atom. The van der Waals surface area contributed by atoms with Crippen molar-refractivity contribution in [3.05, 3.63) is 0 Å². The van der Waals surface area contributed by atoms with Gasteiger partial charge in [0.15, 0.2) is 0 Å². The molecule has 0 heterocycles. The first-order chi connectivity index (χ1) is 14.8. The van der Waals surface area contributed by atoms with Crippen LogP contribution in [-0.2, 0) is 52.5 Å². The van der Waals surface area contributed by atoms with Crippen molar-refractivity contribution in [1.29, 1.82) is 0 Å². The summed E-state index contributed by atoms with van der Waals surface area (Å²) < 4.78 is 22.8. The van der Waals surface area contributed by atoms with Crippen molar-refractivity contribution in [2.24, 2.45) is 0 Å². The Hall–Kier alpha value is -2.98. The largest absolute Gasteiger partial charge is 0.469 e. The number of ketones is 1. The lowest BCUT2D eigenvalue weighted by atomic mass is 10.3. The van der Waals surface area contributed by atoms with E-state index in [1.54, 1.807) is 41.5 Å². The molecule has 0 bridgehead atoms. The molecule has 0 aromatic carbocycles. The van der Waals surface area contributed by atoms with Crippen molar-refractivity contribution < 1.29 is 52.5 Å². The van der Waals surface area contributed by atoms with E-state index < -0.39 is 29.8 Å². The molecule has 0 saturated heterocycles. The fourth-order valence-corrected chi connectivity index (χ4v) is 1.54. The van der Waals surface area contributed by atoms with E-state index in [1.165, 1.54) is 14.0 Å². The van der Waals surface area contributed by atoms with Crippen LogP contribution in [-0.4, -0.2) is 68.2 Å². The summed E-state index contributed by atoms with van der Waals surface area (Å²) in [5.41, 5.74) is 0. The normalized spacial score (nSPS) is 9.31. The molecule has 0 aliphatic heterocycles. The fraction of sp³-hybridized carbons (Fsp3) is 0.714. The molecule has 0 unspecified atom stereocenters. The van der Waals surface area contributed by atoms with Gasteiger partial charge in [0.05, 0.1) is 32.5 Å². The molecule has 11 heteroatoms. The van der Waals surface area contributed by atoms with Gasteiger partial charge in [0.2, 0.25) is 0 Å². The topological polar surface area (TPSA) is 149 Å². The molecule has 0 aromatic heterocycles. The van der Waals surface area contributed by atoms with Crippen molar-refractivity contribution in [3.8, 4) is 0 Å². The Balaban J connectivity index is -0.000000406. The van der Waals surface area contributed by atoms with E-state index >= 15 is 0 Å². The fourth-order valence-electron chi connectivity index (χ4n) is 1.54. The zero-order chi connectivity index (χ0) is 25.7. The van der Waals surface area contributed by atoms with Crippen LogP contribution in [0.2, 0.25) is 0 Å². The number of rotatable bonds is 10. The Labute approximate surface area is 189 Å². The number of carbonyl (C=O) groups excluding carboxylic acids is 6. The first-order valence-corrected chi connectivity index (χ1v) is 10.0. The maximum absolute atomic E-state index is 10.9. The monoisotopic (exact) mass is 464 g/mol. The zero-order valence-electron chi connectivity index (χ0n) is 20.2. The minimum Gasteiger partial charge on any atom is -0.469 e. The third-order valence-corrected chi connectivity index (χ3v) is 2.54. The van der Waals surface area contributed by atoms with Gasteiger partial charge in [0.1, 0.15) is 25.0 Å². The SMILES string of the molecule is CC(C)OC(=O)CC(=O)OC(C)C.CCOC(=O)CC(=O)OCC.COC(=O)CC(C)=O. The van der Waals surface area contributed by atoms with E-state index in [1.807, 2.05) is 0 Å². The first kappa shape index (κ1) is 33.7. The van der Waals surface area contributed by atoms with Crippen molar-refractivity contribution in [2.45, 2.75) is 79.9 Å². The summed E-state index contributed by atoms with van der Waals surface area (Å²) in [4.78, 5) is 63.3. The lowest BCUT2D eigenvalue weighted by molar-refractivity contribution is -0.159. The summed E-state index contributed by atoms with van der Waals surface area (Å²) in [5.74, 6) is -2.80. The van der Waals surface area contributed by atoms with Crippen LogP contribution >= 0.6 is 0 Å². The Morgan fingerprint density at radius 2 is 0.938 bits per heavy atom. The van der Waals surface area contributed by atoms with E-state index in [-0.39, 0.29) is 50.5 Å². The standard InChI is InChI=1S/C9H16O4.C7H12O4.C5H8O3/c1-6(2)12-8(10)5-9(11)13-7(3)4;1-3-10-6(8)5-7(9)11-4-2;1-4(6)3-5(7)8-2/h6-7H,5H2,1-4H3;3-5H2,1-2H3;3H2,1-2H3. The van der Waals surface area contributed by atoms with Crippen LogP contribution in [0, 0.1) is 0 Å². The average molecular weight is 465 g/mol. The molecule has 32 heavy (non-hydrogen) atoms. The number of hydrogen-bond donors (Lipinski definition) is 0. The third-order valence-electron chi connectivity index (χ3n) is 2.54. The smallest absolute Gasteiger partial charge is 0.317 e. The molecule has 0 radical (unpaired) electrons. The molecule has 0 aromatic rings.